The van der Waals surface area contributed by atoms with Crippen molar-refractivity contribution in [2.75, 3.05) is 6.54 Å². The van der Waals surface area contributed by atoms with Crippen molar-refractivity contribution in [3.8, 4) is 11.8 Å². The smallest absolute Gasteiger partial charge is 0.260 e. The van der Waals surface area contributed by atoms with E-state index < -0.39 is 6.10 Å². The second kappa shape index (κ2) is 8.15. The van der Waals surface area contributed by atoms with Crippen molar-refractivity contribution < 1.29 is 9.53 Å². The van der Waals surface area contributed by atoms with Gasteiger partial charge >= 0.3 is 0 Å². The van der Waals surface area contributed by atoms with Gasteiger partial charge in [-0.3, -0.25) is 4.79 Å². The Hall–Kier alpha value is -2.02. The second-order valence-corrected chi connectivity index (χ2v) is 4.38. The van der Waals surface area contributed by atoms with Crippen molar-refractivity contribution in [3.63, 3.8) is 0 Å². The SMILES string of the molecule is CCCCNC(=O)C(C)Oc1ccc(CC#N)cc1. The Morgan fingerprint density at radius 3 is 2.68 bits per heavy atom. The van der Waals surface area contributed by atoms with Gasteiger partial charge in [0.05, 0.1) is 12.5 Å². The average Bonchev–Trinajstić information content (AvgIpc) is 2.41. The maximum absolute atomic E-state index is 11.7. The number of nitrogens with zero attached hydrogens (tertiary/aromatic N) is 1. The molecule has 1 aromatic rings. The number of amides is 1. The Bertz CT molecular complexity index is 434. The monoisotopic (exact) mass is 260 g/mol. The first-order valence-corrected chi connectivity index (χ1v) is 6.57. The number of nitrogens with one attached hydrogen (secondary N) is 1. The molecule has 1 aromatic carbocycles. The lowest BCUT2D eigenvalue weighted by Crippen LogP contribution is -2.36. The number of hydrogen-bond donors (Lipinski definition) is 1. The molecule has 0 aliphatic heterocycles. The predicted molar refractivity (Wildman–Crippen MR) is 73.8 cm³/mol. The summed E-state index contributed by atoms with van der Waals surface area (Å²) in [5.74, 6) is 0.536. The molecular formula is C15H20N2O2. The van der Waals surface area contributed by atoms with E-state index in [9.17, 15) is 4.79 Å². The van der Waals surface area contributed by atoms with Crippen molar-refractivity contribution in [2.45, 2.75) is 39.2 Å². The molecule has 0 fully saturated rings. The molecule has 0 bridgehead atoms. The van der Waals surface area contributed by atoms with Gasteiger partial charge in [0, 0.05) is 6.54 Å². The van der Waals surface area contributed by atoms with Gasteiger partial charge < -0.3 is 10.1 Å². The predicted octanol–water partition coefficient (Wildman–Crippen LogP) is 2.44. The van der Waals surface area contributed by atoms with E-state index in [1.807, 2.05) is 12.1 Å². The lowest BCUT2D eigenvalue weighted by atomic mass is 10.2. The molecule has 19 heavy (non-hydrogen) atoms. The van der Waals surface area contributed by atoms with Crippen molar-refractivity contribution in [3.05, 3.63) is 29.8 Å². The van der Waals surface area contributed by atoms with Crippen LogP contribution in [0.25, 0.3) is 0 Å². The van der Waals surface area contributed by atoms with Crippen LogP contribution in [0.1, 0.15) is 32.3 Å². The highest BCUT2D eigenvalue weighted by Crippen LogP contribution is 2.14. The van der Waals surface area contributed by atoms with Gasteiger partial charge in [0.15, 0.2) is 6.10 Å². The summed E-state index contributed by atoms with van der Waals surface area (Å²) in [7, 11) is 0. The molecule has 1 N–H and O–H groups in total. The van der Waals surface area contributed by atoms with Crippen LogP contribution in [0, 0.1) is 11.3 Å². The summed E-state index contributed by atoms with van der Waals surface area (Å²) >= 11 is 0. The molecule has 0 saturated heterocycles. The number of ether oxygens (including phenoxy) is 1. The van der Waals surface area contributed by atoms with Crippen LogP contribution in [0.15, 0.2) is 24.3 Å². The molecule has 4 nitrogen and oxygen atoms in total. The van der Waals surface area contributed by atoms with Gasteiger partial charge in [0.2, 0.25) is 0 Å². The van der Waals surface area contributed by atoms with Crippen LogP contribution in [-0.2, 0) is 11.2 Å². The molecule has 0 aliphatic carbocycles. The van der Waals surface area contributed by atoms with E-state index in [0.717, 1.165) is 18.4 Å². The van der Waals surface area contributed by atoms with E-state index in [2.05, 4.69) is 18.3 Å². The van der Waals surface area contributed by atoms with E-state index in [4.69, 9.17) is 10.00 Å². The molecule has 1 rings (SSSR count). The number of carbonyl (C=O) groups is 1. The third-order valence-corrected chi connectivity index (χ3v) is 2.72. The molecule has 1 unspecified atom stereocenters. The second-order valence-electron chi connectivity index (χ2n) is 4.38. The number of nitriles is 1. The van der Waals surface area contributed by atoms with Gasteiger partial charge in [-0.05, 0) is 31.0 Å². The molecule has 0 aliphatic rings. The first-order valence-electron chi connectivity index (χ1n) is 6.57. The fraction of sp³-hybridized carbons (Fsp3) is 0.467. The van der Waals surface area contributed by atoms with Crippen LogP contribution >= 0.6 is 0 Å². The minimum Gasteiger partial charge on any atom is -0.481 e. The number of benzene rings is 1. The van der Waals surface area contributed by atoms with Crippen LogP contribution < -0.4 is 10.1 Å². The number of rotatable bonds is 7. The fourth-order valence-electron chi connectivity index (χ4n) is 1.57. The van der Waals surface area contributed by atoms with Gasteiger partial charge in [-0.2, -0.15) is 5.26 Å². The summed E-state index contributed by atoms with van der Waals surface area (Å²) in [6, 6.07) is 9.31. The van der Waals surface area contributed by atoms with Crippen molar-refractivity contribution in [1.29, 1.82) is 5.26 Å². The maximum atomic E-state index is 11.7. The van der Waals surface area contributed by atoms with Crippen LogP contribution in [0.2, 0.25) is 0 Å². The minimum absolute atomic E-state index is 0.102. The third kappa shape index (κ3) is 5.43. The van der Waals surface area contributed by atoms with Gasteiger partial charge in [-0.15, -0.1) is 0 Å². The Kier molecular flexibility index (Phi) is 6.45. The highest BCUT2D eigenvalue weighted by Gasteiger charge is 2.13. The van der Waals surface area contributed by atoms with E-state index in [1.165, 1.54) is 0 Å². The Morgan fingerprint density at radius 2 is 2.11 bits per heavy atom. The minimum atomic E-state index is -0.515. The molecule has 0 radical (unpaired) electrons. The molecule has 0 heterocycles. The van der Waals surface area contributed by atoms with Crippen molar-refractivity contribution in [1.82, 2.24) is 5.32 Å². The summed E-state index contributed by atoms with van der Waals surface area (Å²) in [6.07, 6.45) is 1.89. The average molecular weight is 260 g/mol. The first kappa shape index (κ1) is 15.0. The highest BCUT2D eigenvalue weighted by molar-refractivity contribution is 5.80. The molecule has 0 aromatic heterocycles. The molecule has 1 atom stereocenters. The molecular weight excluding hydrogens is 240 g/mol. The Labute approximate surface area is 114 Å². The molecule has 0 spiro atoms. The zero-order valence-electron chi connectivity index (χ0n) is 11.5. The Balaban J connectivity index is 2.45. The van der Waals surface area contributed by atoms with Gasteiger partial charge in [-0.25, -0.2) is 0 Å². The van der Waals surface area contributed by atoms with Gasteiger partial charge in [-0.1, -0.05) is 25.5 Å². The van der Waals surface area contributed by atoms with Gasteiger partial charge in [0.25, 0.3) is 5.91 Å². The van der Waals surface area contributed by atoms with E-state index in [0.29, 0.717) is 18.7 Å². The summed E-state index contributed by atoms with van der Waals surface area (Å²) in [6.45, 7) is 4.49. The number of hydrogen-bond acceptors (Lipinski definition) is 3. The lowest BCUT2D eigenvalue weighted by Gasteiger charge is -2.14. The topological polar surface area (TPSA) is 62.1 Å². The first-order chi connectivity index (χ1) is 9.17. The highest BCUT2D eigenvalue weighted by atomic mass is 16.5. The molecule has 102 valence electrons. The quantitative estimate of drug-likeness (QED) is 0.766. The largest absolute Gasteiger partial charge is 0.481 e. The Morgan fingerprint density at radius 1 is 1.42 bits per heavy atom. The maximum Gasteiger partial charge on any atom is 0.260 e. The standard InChI is InChI=1S/C15H20N2O2/c1-3-4-11-17-15(18)12(2)19-14-7-5-13(6-8-14)9-10-16/h5-8,12H,3-4,9,11H2,1-2H3,(H,17,18). The summed E-state index contributed by atoms with van der Waals surface area (Å²) in [5.41, 5.74) is 0.940. The van der Waals surface area contributed by atoms with Crippen LogP contribution in [-0.4, -0.2) is 18.6 Å². The van der Waals surface area contributed by atoms with Crippen molar-refractivity contribution >= 4 is 5.91 Å². The molecule has 4 heteroatoms. The van der Waals surface area contributed by atoms with Crippen LogP contribution in [0.3, 0.4) is 0 Å². The molecule has 0 saturated carbocycles. The summed E-state index contributed by atoms with van der Waals surface area (Å²) in [5, 5.41) is 11.4. The zero-order chi connectivity index (χ0) is 14.1. The van der Waals surface area contributed by atoms with E-state index in [1.54, 1.807) is 19.1 Å². The summed E-state index contributed by atoms with van der Waals surface area (Å²) in [4.78, 5) is 11.7. The zero-order valence-corrected chi connectivity index (χ0v) is 11.5. The fourth-order valence-corrected chi connectivity index (χ4v) is 1.57. The van der Waals surface area contributed by atoms with Gasteiger partial charge in [0.1, 0.15) is 5.75 Å². The van der Waals surface area contributed by atoms with Crippen molar-refractivity contribution in [2.24, 2.45) is 0 Å². The lowest BCUT2D eigenvalue weighted by molar-refractivity contribution is -0.127. The van der Waals surface area contributed by atoms with Crippen LogP contribution in [0.4, 0.5) is 0 Å². The normalized spacial score (nSPS) is 11.4. The van der Waals surface area contributed by atoms with E-state index in [-0.39, 0.29) is 5.91 Å². The number of unbranched alkanes of at least 4 members (excludes halogenated alkanes) is 1. The van der Waals surface area contributed by atoms with Crippen LogP contribution in [0.5, 0.6) is 5.75 Å². The molecule has 1 amide bonds. The third-order valence-electron chi connectivity index (χ3n) is 2.72. The summed E-state index contributed by atoms with van der Waals surface area (Å²) < 4.78 is 5.54. The number of carbonyl (C=O) groups excluding carboxylic acids is 1. The van der Waals surface area contributed by atoms with E-state index >= 15 is 0 Å².